The van der Waals surface area contributed by atoms with Gasteiger partial charge in [-0.2, -0.15) is 0 Å². The normalized spacial score (nSPS) is 15.6. The van der Waals surface area contributed by atoms with Gasteiger partial charge in [-0.05, 0) is 106 Å². The van der Waals surface area contributed by atoms with Crippen LogP contribution in [0.2, 0.25) is 0 Å². The van der Waals surface area contributed by atoms with Crippen LogP contribution in [0.4, 0.5) is 0 Å². The average molecular weight is 746 g/mol. The third kappa shape index (κ3) is 6.30. The largest absolute Gasteiger partial charge is 0.208 e. The van der Waals surface area contributed by atoms with Crippen molar-refractivity contribution >= 4 is 5.57 Å². The molecule has 0 saturated carbocycles. The number of aromatic nitrogens is 3. The Kier molecular flexibility index (Phi) is 9.07. The number of allylic oxidation sites excluding steroid dienone is 4. The Bertz CT molecular complexity index is 2800. The predicted molar refractivity (Wildman–Crippen MR) is 239 cm³/mol. The molecule has 0 N–H and O–H groups in total. The summed E-state index contributed by atoms with van der Waals surface area (Å²) in [6.07, 6.45) is 7.75. The van der Waals surface area contributed by atoms with Crippen molar-refractivity contribution in [3.63, 3.8) is 0 Å². The number of hydrogen-bond acceptors (Lipinski definition) is 3. The molecule has 0 fully saturated rings. The monoisotopic (exact) mass is 745 g/mol. The lowest BCUT2D eigenvalue weighted by Crippen LogP contribution is -2.22. The van der Waals surface area contributed by atoms with Crippen LogP contribution in [-0.4, -0.2) is 15.0 Å². The molecule has 0 amide bonds. The van der Waals surface area contributed by atoms with Crippen LogP contribution >= 0.6 is 0 Å². The van der Waals surface area contributed by atoms with Crippen molar-refractivity contribution in [2.24, 2.45) is 0 Å². The highest BCUT2D eigenvalue weighted by Crippen LogP contribution is 2.55. The summed E-state index contributed by atoms with van der Waals surface area (Å²) < 4.78 is 0. The van der Waals surface area contributed by atoms with Crippen LogP contribution < -0.4 is 0 Å². The lowest BCUT2D eigenvalue weighted by Gasteiger charge is -2.29. The first-order chi connectivity index (χ1) is 28.5. The molecule has 2 aliphatic rings. The Hall–Kier alpha value is -6.97. The third-order valence-electron chi connectivity index (χ3n) is 12.1. The highest BCUT2D eigenvalue weighted by molar-refractivity contribution is 5.94. The van der Waals surface area contributed by atoms with Gasteiger partial charge < -0.3 is 0 Å². The molecular weight excluding hydrogens is 703 g/mol. The molecule has 8 aromatic rings. The molecule has 2 aliphatic carbocycles. The number of hydrogen-bond donors (Lipinski definition) is 0. The minimum atomic E-state index is -0.420. The first kappa shape index (κ1) is 35.4. The van der Waals surface area contributed by atoms with Crippen molar-refractivity contribution in [1.82, 2.24) is 15.0 Å². The lowest BCUT2D eigenvalue weighted by molar-refractivity contribution is 0.714. The first-order valence-corrected chi connectivity index (χ1v) is 20.3. The lowest BCUT2D eigenvalue weighted by atomic mass is 9.73. The Balaban J connectivity index is 1.16. The molecule has 58 heavy (non-hydrogen) atoms. The molecule has 0 bridgehead atoms. The van der Waals surface area contributed by atoms with Crippen molar-refractivity contribution in [1.29, 1.82) is 0 Å². The highest BCUT2D eigenvalue weighted by atomic mass is 15.0. The van der Waals surface area contributed by atoms with E-state index in [1.165, 1.54) is 66.8 Å². The second-order valence-electron chi connectivity index (χ2n) is 15.7. The number of nitrogens with zero attached hydrogens (tertiary/aromatic N) is 3. The van der Waals surface area contributed by atoms with Gasteiger partial charge in [-0.1, -0.05) is 182 Å². The number of rotatable bonds is 8. The average Bonchev–Trinajstić information content (AvgIpc) is 3.56. The van der Waals surface area contributed by atoms with Crippen molar-refractivity contribution in [2.75, 3.05) is 0 Å². The van der Waals surface area contributed by atoms with Gasteiger partial charge >= 0.3 is 0 Å². The smallest absolute Gasteiger partial charge is 0.164 e. The summed E-state index contributed by atoms with van der Waals surface area (Å²) in [6.45, 7) is 4.68. The van der Waals surface area contributed by atoms with Crippen molar-refractivity contribution < 1.29 is 0 Å². The van der Waals surface area contributed by atoms with Gasteiger partial charge in [0.25, 0.3) is 0 Å². The summed E-state index contributed by atoms with van der Waals surface area (Å²) in [6, 6.07) is 63.0. The van der Waals surface area contributed by atoms with Crippen molar-refractivity contribution in [2.45, 2.75) is 38.5 Å². The third-order valence-corrected chi connectivity index (χ3v) is 12.1. The summed E-state index contributed by atoms with van der Waals surface area (Å²) in [5.74, 6) is 1.98. The predicted octanol–water partition coefficient (Wildman–Crippen LogP) is 13.6. The quantitative estimate of drug-likeness (QED) is 0.155. The highest BCUT2D eigenvalue weighted by Gasteiger charge is 2.42. The molecule has 3 heteroatoms. The van der Waals surface area contributed by atoms with Crippen molar-refractivity contribution in [3.8, 4) is 56.4 Å². The maximum atomic E-state index is 5.20. The van der Waals surface area contributed by atoms with Gasteiger partial charge in [0.05, 0.1) is 0 Å². The van der Waals surface area contributed by atoms with Gasteiger partial charge in [0.2, 0.25) is 0 Å². The first-order valence-electron chi connectivity index (χ1n) is 20.3. The van der Waals surface area contributed by atoms with Crippen LogP contribution in [0.15, 0.2) is 194 Å². The van der Waals surface area contributed by atoms with Crippen LogP contribution in [0.25, 0.3) is 62.0 Å². The standard InChI is InChI=1S/C55H43N3/c1-37-18-15-16-27-45(37)48-35-41(30-31-43(48)34-38-19-7-3-8-20-38)42-32-33-46-50(36-42)55(2,44-25-13-6-14-26-44)49-29-17-28-47(51(46)49)54-57-52(39-21-9-4-10-22-39)56-53(58-54)40-23-11-5-12-24-40/h3-14,16-17,19-33,35-36H,15,18,34H2,1-2H3. The van der Waals surface area contributed by atoms with E-state index in [1.807, 2.05) is 36.4 Å². The molecule has 278 valence electrons. The van der Waals surface area contributed by atoms with Crippen LogP contribution in [-0.2, 0) is 11.8 Å². The van der Waals surface area contributed by atoms with E-state index in [9.17, 15) is 0 Å². The fourth-order valence-electron chi connectivity index (χ4n) is 9.03. The minimum Gasteiger partial charge on any atom is -0.208 e. The van der Waals surface area contributed by atoms with E-state index in [2.05, 4.69) is 166 Å². The van der Waals surface area contributed by atoms with E-state index in [4.69, 9.17) is 15.0 Å². The molecule has 7 aromatic carbocycles. The second-order valence-corrected chi connectivity index (χ2v) is 15.7. The minimum absolute atomic E-state index is 0.420. The summed E-state index contributed by atoms with van der Waals surface area (Å²) in [5, 5.41) is 0. The van der Waals surface area contributed by atoms with Gasteiger partial charge in [-0.25, -0.2) is 15.0 Å². The molecule has 1 aromatic heterocycles. The van der Waals surface area contributed by atoms with Crippen molar-refractivity contribution in [3.05, 3.63) is 227 Å². The molecule has 1 atom stereocenters. The van der Waals surface area contributed by atoms with E-state index in [-0.39, 0.29) is 0 Å². The summed E-state index contributed by atoms with van der Waals surface area (Å²) in [7, 11) is 0. The second kappa shape index (κ2) is 14.8. The Morgan fingerprint density at radius 1 is 0.500 bits per heavy atom. The van der Waals surface area contributed by atoms with Gasteiger partial charge in [0.1, 0.15) is 0 Å². The molecule has 0 saturated heterocycles. The molecule has 0 radical (unpaired) electrons. The molecule has 0 aliphatic heterocycles. The number of fused-ring (bicyclic) bond motifs is 3. The maximum Gasteiger partial charge on any atom is 0.164 e. The summed E-state index contributed by atoms with van der Waals surface area (Å²) in [4.78, 5) is 15.4. The zero-order valence-electron chi connectivity index (χ0n) is 32.9. The Morgan fingerprint density at radius 2 is 1.10 bits per heavy atom. The molecule has 1 unspecified atom stereocenters. The molecular formula is C55H43N3. The van der Waals surface area contributed by atoms with Crippen LogP contribution in [0, 0.1) is 0 Å². The zero-order valence-corrected chi connectivity index (χ0v) is 32.9. The fraction of sp³-hybridized carbons (Fsp3) is 0.109. The maximum absolute atomic E-state index is 5.20. The molecule has 1 heterocycles. The van der Waals surface area contributed by atoms with Crippen LogP contribution in [0.5, 0.6) is 0 Å². The van der Waals surface area contributed by atoms with Crippen LogP contribution in [0.3, 0.4) is 0 Å². The van der Waals surface area contributed by atoms with E-state index >= 15 is 0 Å². The van der Waals surface area contributed by atoms with E-state index in [0.717, 1.165) is 36.0 Å². The number of benzene rings is 7. The Labute approximate surface area is 341 Å². The molecule has 0 spiro atoms. The topological polar surface area (TPSA) is 38.7 Å². The van der Waals surface area contributed by atoms with Gasteiger partial charge in [0, 0.05) is 22.1 Å². The fourth-order valence-corrected chi connectivity index (χ4v) is 9.03. The zero-order chi connectivity index (χ0) is 39.1. The van der Waals surface area contributed by atoms with Gasteiger partial charge in [0.15, 0.2) is 17.5 Å². The van der Waals surface area contributed by atoms with Gasteiger partial charge in [-0.15, -0.1) is 0 Å². The summed E-state index contributed by atoms with van der Waals surface area (Å²) >= 11 is 0. The van der Waals surface area contributed by atoms with E-state index < -0.39 is 5.41 Å². The Morgan fingerprint density at radius 3 is 1.78 bits per heavy atom. The molecule has 3 nitrogen and oxygen atoms in total. The van der Waals surface area contributed by atoms with E-state index in [0.29, 0.717) is 17.5 Å². The summed E-state index contributed by atoms with van der Waals surface area (Å²) in [5.41, 5.74) is 17.9. The molecule has 10 rings (SSSR count). The van der Waals surface area contributed by atoms with Crippen LogP contribution in [0.1, 0.15) is 60.1 Å². The van der Waals surface area contributed by atoms with Gasteiger partial charge in [-0.3, -0.25) is 0 Å². The van der Waals surface area contributed by atoms with E-state index in [1.54, 1.807) is 0 Å². The SMILES string of the molecule is CC1=C(c2cc(-c3ccc4c(c3)C(C)(c3ccccc3)c3cccc(-c5nc(-c6ccccc6)nc(-c6ccccc6)n5)c3-4)ccc2Cc2ccccc2)C=CCC1.